The van der Waals surface area contributed by atoms with Crippen LogP contribution in [0.4, 0.5) is 0 Å². The monoisotopic (exact) mass is 236 g/mol. The zero-order valence-electron chi connectivity index (χ0n) is 10.1. The van der Waals surface area contributed by atoms with Crippen LogP contribution in [0.5, 0.6) is 5.75 Å². The Morgan fingerprint density at radius 3 is 2.71 bits per heavy atom. The molecule has 0 saturated carbocycles. The van der Waals surface area contributed by atoms with Gasteiger partial charge in [-0.05, 0) is 37.1 Å². The third-order valence-electron chi connectivity index (χ3n) is 2.26. The molecule has 4 heteroatoms. The van der Waals surface area contributed by atoms with Gasteiger partial charge in [0.1, 0.15) is 12.0 Å². The topological polar surface area (TPSA) is 52.6 Å². The van der Waals surface area contributed by atoms with E-state index in [0.717, 1.165) is 11.8 Å². The van der Waals surface area contributed by atoms with E-state index in [1.54, 1.807) is 19.1 Å². The van der Waals surface area contributed by atoms with Gasteiger partial charge in [-0.1, -0.05) is 0 Å². The lowest BCUT2D eigenvalue weighted by molar-refractivity contribution is -0.107. The quantitative estimate of drug-likeness (QED) is 0.560. The van der Waals surface area contributed by atoms with Crippen LogP contribution in [-0.2, 0) is 16.0 Å². The van der Waals surface area contributed by atoms with Crippen molar-refractivity contribution in [3.8, 4) is 5.75 Å². The number of methoxy groups -OCH3 is 1. The van der Waals surface area contributed by atoms with Crippen LogP contribution < -0.4 is 4.74 Å². The van der Waals surface area contributed by atoms with Crippen LogP contribution in [0.15, 0.2) is 18.2 Å². The number of aryl methyl sites for hydroxylation is 1. The number of carbonyl (C=O) groups excluding carboxylic acids is 2. The Kier molecular flexibility index (Phi) is 5.20. The fourth-order valence-electron chi connectivity index (χ4n) is 1.48. The highest BCUT2D eigenvalue weighted by molar-refractivity contribution is 5.90. The summed E-state index contributed by atoms with van der Waals surface area (Å²) in [5.74, 6) is 0.218. The van der Waals surface area contributed by atoms with Crippen molar-refractivity contribution in [2.75, 3.05) is 13.7 Å². The zero-order chi connectivity index (χ0) is 12.7. The minimum atomic E-state index is -0.376. The molecule has 0 saturated heterocycles. The van der Waals surface area contributed by atoms with Crippen LogP contribution in [0.25, 0.3) is 0 Å². The lowest BCUT2D eigenvalue weighted by Crippen LogP contribution is -2.05. The van der Waals surface area contributed by atoms with Gasteiger partial charge in [0, 0.05) is 6.42 Å². The Bertz CT molecular complexity index is 398. The lowest BCUT2D eigenvalue weighted by Gasteiger charge is -2.07. The van der Waals surface area contributed by atoms with Crippen molar-refractivity contribution >= 4 is 12.3 Å². The molecule has 1 aromatic rings. The van der Waals surface area contributed by atoms with Gasteiger partial charge in [-0.15, -0.1) is 0 Å². The summed E-state index contributed by atoms with van der Waals surface area (Å²) in [6.45, 7) is 2.09. The average Bonchev–Trinajstić information content (AvgIpc) is 2.36. The molecule has 92 valence electrons. The van der Waals surface area contributed by atoms with Crippen LogP contribution >= 0.6 is 0 Å². The van der Waals surface area contributed by atoms with Crippen LogP contribution in [-0.4, -0.2) is 26.0 Å². The molecule has 0 heterocycles. The van der Waals surface area contributed by atoms with Crippen molar-refractivity contribution in [3.05, 3.63) is 29.3 Å². The van der Waals surface area contributed by atoms with E-state index in [9.17, 15) is 9.59 Å². The second-order valence-corrected chi connectivity index (χ2v) is 3.50. The van der Waals surface area contributed by atoms with E-state index in [1.807, 2.05) is 6.07 Å². The standard InChI is InChI=1S/C13H16O4/c1-3-17-13(15)11-7-10(5-4-6-14)8-12(9-11)16-2/h6-9H,3-5H2,1-2H3. The molecule has 0 fully saturated rings. The summed E-state index contributed by atoms with van der Waals surface area (Å²) in [4.78, 5) is 21.9. The van der Waals surface area contributed by atoms with Gasteiger partial charge in [0.2, 0.25) is 0 Å². The van der Waals surface area contributed by atoms with E-state index in [2.05, 4.69) is 0 Å². The van der Waals surface area contributed by atoms with Crippen molar-refractivity contribution in [2.24, 2.45) is 0 Å². The number of rotatable bonds is 6. The normalized spacial score (nSPS) is 9.76. The highest BCUT2D eigenvalue weighted by Crippen LogP contribution is 2.18. The molecule has 0 atom stereocenters. The van der Waals surface area contributed by atoms with Crippen molar-refractivity contribution < 1.29 is 19.1 Å². The van der Waals surface area contributed by atoms with Gasteiger partial charge in [-0.2, -0.15) is 0 Å². The first-order chi connectivity index (χ1) is 8.21. The summed E-state index contributed by atoms with van der Waals surface area (Å²) < 4.78 is 10.0. The first-order valence-electron chi connectivity index (χ1n) is 5.50. The summed E-state index contributed by atoms with van der Waals surface area (Å²) in [5, 5.41) is 0. The van der Waals surface area contributed by atoms with Crippen LogP contribution in [0, 0.1) is 0 Å². The van der Waals surface area contributed by atoms with Gasteiger partial charge in [0.05, 0.1) is 19.3 Å². The van der Waals surface area contributed by atoms with Crippen LogP contribution in [0.2, 0.25) is 0 Å². The molecule has 17 heavy (non-hydrogen) atoms. The first kappa shape index (κ1) is 13.2. The second kappa shape index (κ2) is 6.68. The molecule has 1 aromatic carbocycles. The number of hydrogen-bond donors (Lipinski definition) is 0. The summed E-state index contributed by atoms with van der Waals surface area (Å²) in [7, 11) is 1.54. The molecule has 0 aliphatic rings. The maximum Gasteiger partial charge on any atom is 0.338 e. The number of benzene rings is 1. The Labute approximate surface area is 101 Å². The molecule has 0 spiro atoms. The minimum absolute atomic E-state index is 0.333. The number of esters is 1. The fraction of sp³-hybridized carbons (Fsp3) is 0.385. The number of ether oxygens (including phenoxy) is 2. The lowest BCUT2D eigenvalue weighted by atomic mass is 10.1. The molecule has 0 radical (unpaired) electrons. The number of carbonyl (C=O) groups is 2. The number of aldehydes is 1. The molecule has 4 nitrogen and oxygen atoms in total. The van der Waals surface area contributed by atoms with Crippen LogP contribution in [0.3, 0.4) is 0 Å². The smallest absolute Gasteiger partial charge is 0.338 e. The van der Waals surface area contributed by atoms with E-state index >= 15 is 0 Å². The predicted octanol–water partition coefficient (Wildman–Crippen LogP) is 2.00. The van der Waals surface area contributed by atoms with E-state index in [1.165, 1.54) is 7.11 Å². The zero-order valence-corrected chi connectivity index (χ0v) is 10.1. The third-order valence-corrected chi connectivity index (χ3v) is 2.26. The Morgan fingerprint density at radius 2 is 2.12 bits per heavy atom. The van der Waals surface area contributed by atoms with Crippen molar-refractivity contribution in [1.29, 1.82) is 0 Å². The van der Waals surface area contributed by atoms with Gasteiger partial charge >= 0.3 is 5.97 Å². The first-order valence-corrected chi connectivity index (χ1v) is 5.50. The third kappa shape index (κ3) is 3.90. The fourth-order valence-corrected chi connectivity index (χ4v) is 1.48. The summed E-state index contributed by atoms with van der Waals surface area (Å²) in [5.41, 5.74) is 1.34. The van der Waals surface area contributed by atoms with E-state index in [0.29, 0.717) is 30.8 Å². The molecule has 1 rings (SSSR count). The van der Waals surface area contributed by atoms with Gasteiger partial charge in [-0.3, -0.25) is 0 Å². The van der Waals surface area contributed by atoms with E-state index in [-0.39, 0.29) is 5.97 Å². The van der Waals surface area contributed by atoms with Gasteiger partial charge in [-0.25, -0.2) is 4.79 Å². The molecule has 0 bridgehead atoms. The Balaban J connectivity index is 2.95. The Morgan fingerprint density at radius 1 is 1.35 bits per heavy atom. The number of hydrogen-bond acceptors (Lipinski definition) is 4. The second-order valence-electron chi connectivity index (χ2n) is 3.50. The molecule has 0 aliphatic heterocycles. The van der Waals surface area contributed by atoms with Crippen molar-refractivity contribution in [2.45, 2.75) is 19.8 Å². The molecular formula is C13H16O4. The average molecular weight is 236 g/mol. The maximum absolute atomic E-state index is 11.6. The summed E-state index contributed by atoms with van der Waals surface area (Å²) >= 11 is 0. The van der Waals surface area contributed by atoms with E-state index < -0.39 is 0 Å². The van der Waals surface area contributed by atoms with E-state index in [4.69, 9.17) is 9.47 Å². The van der Waals surface area contributed by atoms with Gasteiger partial charge in [0.15, 0.2) is 0 Å². The highest BCUT2D eigenvalue weighted by atomic mass is 16.5. The molecule has 0 aromatic heterocycles. The molecule has 0 unspecified atom stereocenters. The van der Waals surface area contributed by atoms with Crippen molar-refractivity contribution in [1.82, 2.24) is 0 Å². The predicted molar refractivity (Wildman–Crippen MR) is 63.3 cm³/mol. The minimum Gasteiger partial charge on any atom is -0.497 e. The maximum atomic E-state index is 11.6. The van der Waals surface area contributed by atoms with Gasteiger partial charge < -0.3 is 14.3 Å². The molecule has 0 amide bonds. The molecular weight excluding hydrogens is 220 g/mol. The van der Waals surface area contributed by atoms with Crippen LogP contribution in [0.1, 0.15) is 29.3 Å². The Hall–Kier alpha value is -1.84. The largest absolute Gasteiger partial charge is 0.497 e. The van der Waals surface area contributed by atoms with Gasteiger partial charge in [0.25, 0.3) is 0 Å². The highest BCUT2D eigenvalue weighted by Gasteiger charge is 2.09. The SMILES string of the molecule is CCOC(=O)c1cc(CCC=O)cc(OC)c1. The summed E-state index contributed by atoms with van der Waals surface area (Å²) in [6, 6.07) is 5.17. The van der Waals surface area contributed by atoms with Crippen molar-refractivity contribution in [3.63, 3.8) is 0 Å². The molecule has 0 N–H and O–H groups in total. The summed E-state index contributed by atoms with van der Waals surface area (Å²) in [6.07, 6.45) is 1.87. The molecule has 0 aliphatic carbocycles.